The van der Waals surface area contributed by atoms with E-state index in [9.17, 15) is 10.4 Å². The third kappa shape index (κ3) is 3.38. The molecule has 0 aromatic heterocycles. The van der Waals surface area contributed by atoms with Gasteiger partial charge in [0.1, 0.15) is 17.4 Å². The first-order valence-electron chi connectivity index (χ1n) is 10.5. The molecule has 32 heavy (non-hydrogen) atoms. The van der Waals surface area contributed by atoms with Gasteiger partial charge in [-0.25, -0.2) is 10.1 Å². The number of hydrogen-bond acceptors (Lipinski definition) is 7. The minimum atomic E-state index is -0.380. The minimum absolute atomic E-state index is 0.131. The van der Waals surface area contributed by atoms with Gasteiger partial charge < -0.3 is 19.7 Å². The van der Waals surface area contributed by atoms with Crippen LogP contribution in [0.1, 0.15) is 19.4 Å². The summed E-state index contributed by atoms with van der Waals surface area (Å²) in [6, 6.07) is 12.2. The minimum Gasteiger partial charge on any atom is -0.623 e. The van der Waals surface area contributed by atoms with Crippen LogP contribution in [-0.4, -0.2) is 36.5 Å². The van der Waals surface area contributed by atoms with E-state index in [0.29, 0.717) is 58.3 Å². The predicted octanol–water partition coefficient (Wildman–Crippen LogP) is 3.00. The lowest BCUT2D eigenvalue weighted by atomic mass is 10.00. The smallest absolute Gasteiger partial charge is 0.162 e. The molecule has 0 spiro atoms. The molecular formula is C24H24N4O4. The van der Waals surface area contributed by atoms with Crippen LogP contribution in [0.5, 0.6) is 11.5 Å². The van der Waals surface area contributed by atoms with Gasteiger partial charge in [0.2, 0.25) is 0 Å². The number of aliphatic imine (C=N–C) groups is 2. The highest BCUT2D eigenvalue weighted by Crippen LogP contribution is 2.35. The largest absolute Gasteiger partial charge is 0.623 e. The Bertz CT molecular complexity index is 1200. The highest BCUT2D eigenvalue weighted by atomic mass is 16.5. The van der Waals surface area contributed by atoms with Crippen LogP contribution >= 0.6 is 0 Å². The van der Waals surface area contributed by atoms with Crippen LogP contribution in [0.2, 0.25) is 0 Å². The monoisotopic (exact) mass is 432 g/mol. The van der Waals surface area contributed by atoms with Crippen molar-refractivity contribution in [1.29, 1.82) is 0 Å². The van der Waals surface area contributed by atoms with Gasteiger partial charge >= 0.3 is 0 Å². The number of hydrogen-bond donors (Lipinski definition) is 2. The number of para-hydroxylation sites is 2. The van der Waals surface area contributed by atoms with E-state index in [1.807, 2.05) is 18.2 Å². The molecule has 0 amide bonds. The van der Waals surface area contributed by atoms with Crippen LogP contribution in [0.3, 0.4) is 0 Å². The Morgan fingerprint density at radius 3 is 2.78 bits per heavy atom. The van der Waals surface area contributed by atoms with Gasteiger partial charge in [0.25, 0.3) is 0 Å². The zero-order chi connectivity index (χ0) is 22.4. The summed E-state index contributed by atoms with van der Waals surface area (Å²) in [5.74, 6) is 2.22. The van der Waals surface area contributed by atoms with Crippen molar-refractivity contribution in [3.05, 3.63) is 76.8 Å². The Morgan fingerprint density at radius 1 is 1.19 bits per heavy atom. The lowest BCUT2D eigenvalue weighted by molar-refractivity contribution is -0.729. The molecule has 0 radical (unpaired) electrons. The fourth-order valence-electron chi connectivity index (χ4n) is 3.93. The Hall–Kier alpha value is -3.46. The summed E-state index contributed by atoms with van der Waals surface area (Å²) < 4.78 is 11.3. The first-order valence-corrected chi connectivity index (χ1v) is 10.5. The maximum absolute atomic E-state index is 13.0. The van der Waals surface area contributed by atoms with Gasteiger partial charge in [0, 0.05) is 17.7 Å². The molecule has 8 nitrogen and oxygen atoms in total. The zero-order valence-corrected chi connectivity index (χ0v) is 18.1. The van der Waals surface area contributed by atoms with E-state index < -0.39 is 0 Å². The number of hydroxylamine groups is 2. The standard InChI is InChI=1S/C24H24N4O4/c1-14(2)13-32-22-9-8-15(10-23(22)31-3)24-25-16-11-20-21(12-17(16)26-24)28(30)19-7-5-4-6-18(19)27(20)29/h4-12,14,16,27,30H,13H2,1-3H3. The first-order chi connectivity index (χ1) is 15.5. The van der Waals surface area contributed by atoms with E-state index in [4.69, 9.17) is 14.5 Å². The van der Waals surface area contributed by atoms with Gasteiger partial charge in [-0.05, 0) is 36.3 Å². The maximum Gasteiger partial charge on any atom is 0.162 e. The molecule has 0 fully saturated rings. The van der Waals surface area contributed by atoms with Gasteiger partial charge in [0.05, 0.1) is 19.4 Å². The Kier molecular flexibility index (Phi) is 5.05. The molecule has 2 aromatic rings. The van der Waals surface area contributed by atoms with Gasteiger partial charge in [-0.2, -0.15) is 0 Å². The molecular weight excluding hydrogens is 408 g/mol. The molecule has 2 aromatic carbocycles. The topological polar surface area (TPSA) is 94.2 Å². The number of nitrogens with zero attached hydrogens (tertiary/aromatic N) is 3. The van der Waals surface area contributed by atoms with E-state index >= 15 is 0 Å². The summed E-state index contributed by atoms with van der Waals surface area (Å²) in [5, 5.41) is 24.6. The van der Waals surface area contributed by atoms with E-state index in [1.54, 1.807) is 43.5 Å². The molecule has 2 atom stereocenters. The molecule has 2 N–H and O–H groups in total. The molecule has 0 saturated carbocycles. The molecule has 1 aliphatic carbocycles. The van der Waals surface area contributed by atoms with Gasteiger partial charge in [-0.3, -0.25) is 10.2 Å². The summed E-state index contributed by atoms with van der Waals surface area (Å²) in [4.78, 5) is 9.38. The SMILES string of the molecule is COc1cc(C2=NC3C=C4C(=CC3=N2)N(O)c2ccccc2[NH+]4[O-])ccc1OCC(C)C. The fourth-order valence-corrected chi connectivity index (χ4v) is 3.93. The van der Waals surface area contributed by atoms with Crippen molar-refractivity contribution < 1.29 is 19.7 Å². The average molecular weight is 432 g/mol. The van der Waals surface area contributed by atoms with Crippen molar-refractivity contribution in [3.8, 4) is 11.5 Å². The predicted molar refractivity (Wildman–Crippen MR) is 122 cm³/mol. The summed E-state index contributed by atoms with van der Waals surface area (Å²) in [5.41, 5.74) is 3.22. The fraction of sp³-hybridized carbons (Fsp3) is 0.250. The van der Waals surface area contributed by atoms with Crippen LogP contribution in [0.4, 0.5) is 11.4 Å². The molecule has 5 rings (SSSR count). The number of rotatable bonds is 5. The van der Waals surface area contributed by atoms with Gasteiger partial charge in [-0.15, -0.1) is 0 Å². The third-order valence-electron chi connectivity index (χ3n) is 5.53. The molecule has 3 aliphatic rings. The lowest BCUT2D eigenvalue weighted by Crippen LogP contribution is -3.01. The number of nitrogens with one attached hydrogen (secondary N) is 1. The number of amidine groups is 1. The van der Waals surface area contributed by atoms with E-state index in [2.05, 4.69) is 18.8 Å². The molecule has 2 heterocycles. The normalized spacial score (nSPS) is 21.1. The summed E-state index contributed by atoms with van der Waals surface area (Å²) in [6.45, 7) is 4.77. The van der Waals surface area contributed by atoms with Crippen LogP contribution in [0, 0.1) is 11.1 Å². The van der Waals surface area contributed by atoms with Crippen LogP contribution in [0.25, 0.3) is 0 Å². The molecule has 8 heteroatoms. The maximum atomic E-state index is 13.0. The lowest BCUT2D eigenvalue weighted by Gasteiger charge is -2.37. The first kappa shape index (κ1) is 20.4. The van der Waals surface area contributed by atoms with Crippen molar-refractivity contribution in [3.63, 3.8) is 0 Å². The van der Waals surface area contributed by atoms with Crippen molar-refractivity contribution in [2.75, 3.05) is 18.8 Å². The molecule has 2 aliphatic heterocycles. The second-order valence-electron chi connectivity index (χ2n) is 8.27. The van der Waals surface area contributed by atoms with Crippen molar-refractivity contribution in [2.45, 2.75) is 19.9 Å². The van der Waals surface area contributed by atoms with Crippen LogP contribution in [-0.2, 0) is 0 Å². The third-order valence-corrected chi connectivity index (χ3v) is 5.53. The Balaban J connectivity index is 1.47. The van der Waals surface area contributed by atoms with E-state index in [-0.39, 0.29) is 11.1 Å². The second kappa shape index (κ2) is 7.90. The summed E-state index contributed by atoms with van der Waals surface area (Å²) >= 11 is 0. The Labute approximate surface area is 186 Å². The van der Waals surface area contributed by atoms with Crippen molar-refractivity contribution in [1.82, 2.24) is 0 Å². The number of quaternary nitrogens is 1. The Morgan fingerprint density at radius 2 is 2.00 bits per heavy atom. The van der Waals surface area contributed by atoms with E-state index in [0.717, 1.165) is 10.6 Å². The van der Waals surface area contributed by atoms with E-state index in [1.165, 1.54) is 0 Å². The quantitative estimate of drug-likeness (QED) is 0.709. The highest BCUT2D eigenvalue weighted by molar-refractivity contribution is 6.18. The number of ether oxygens (including phenoxy) is 2. The number of anilines is 1. The highest BCUT2D eigenvalue weighted by Gasteiger charge is 2.37. The number of benzene rings is 2. The summed E-state index contributed by atoms with van der Waals surface area (Å²) in [7, 11) is 1.60. The second-order valence-corrected chi connectivity index (χ2v) is 8.27. The number of fused-ring (bicyclic) bond motifs is 3. The molecule has 0 bridgehead atoms. The van der Waals surface area contributed by atoms with Crippen molar-refractivity contribution in [2.24, 2.45) is 15.9 Å². The average Bonchev–Trinajstić information content (AvgIpc) is 3.23. The van der Waals surface area contributed by atoms with Crippen LogP contribution in [0.15, 0.2) is 76.0 Å². The molecule has 2 unspecified atom stereocenters. The van der Waals surface area contributed by atoms with Gasteiger partial charge in [0.15, 0.2) is 28.7 Å². The van der Waals surface area contributed by atoms with Crippen LogP contribution < -0.4 is 19.6 Å². The zero-order valence-electron chi connectivity index (χ0n) is 18.1. The molecule has 0 saturated heterocycles. The number of methoxy groups -OCH3 is 1. The summed E-state index contributed by atoms with van der Waals surface area (Å²) in [6.07, 6.45) is 3.49. The van der Waals surface area contributed by atoms with Gasteiger partial charge in [-0.1, -0.05) is 26.0 Å². The molecule has 164 valence electrons. The van der Waals surface area contributed by atoms with Crippen molar-refractivity contribution >= 4 is 22.9 Å².